The molecule has 0 saturated heterocycles. The second-order valence-electron chi connectivity index (χ2n) is 4.35. The first-order valence-electron chi connectivity index (χ1n) is 6.24. The lowest BCUT2D eigenvalue weighted by atomic mass is 10.2. The summed E-state index contributed by atoms with van der Waals surface area (Å²) in [6, 6.07) is 7.95. The van der Waals surface area contributed by atoms with Gasteiger partial charge in [-0.1, -0.05) is 34.8 Å². The van der Waals surface area contributed by atoms with Crippen molar-refractivity contribution >= 4 is 52.4 Å². The molecule has 1 amide bonds. The number of esters is 1. The van der Waals surface area contributed by atoms with Gasteiger partial charge in [0.1, 0.15) is 5.82 Å². The maximum absolute atomic E-state index is 12.8. The van der Waals surface area contributed by atoms with E-state index in [0.29, 0.717) is 5.69 Å². The SMILES string of the molecule is O=C(COC(=O)c1c(Cl)ccc(Cl)c1Cl)Nc1ccc(F)cc1. The van der Waals surface area contributed by atoms with E-state index in [4.69, 9.17) is 39.5 Å². The molecule has 0 aliphatic carbocycles. The summed E-state index contributed by atoms with van der Waals surface area (Å²) in [4.78, 5) is 23.7. The second kappa shape index (κ2) is 7.64. The van der Waals surface area contributed by atoms with Crippen molar-refractivity contribution in [2.75, 3.05) is 11.9 Å². The fourth-order valence-electron chi connectivity index (χ4n) is 1.65. The maximum atomic E-state index is 12.8. The van der Waals surface area contributed by atoms with Gasteiger partial charge in [0.2, 0.25) is 0 Å². The molecular formula is C15H9Cl3FNO3. The van der Waals surface area contributed by atoms with Crippen molar-refractivity contribution in [2.45, 2.75) is 0 Å². The van der Waals surface area contributed by atoms with E-state index in [0.717, 1.165) is 0 Å². The van der Waals surface area contributed by atoms with Gasteiger partial charge in [-0.2, -0.15) is 0 Å². The Labute approximate surface area is 146 Å². The predicted octanol–water partition coefficient (Wildman–Crippen LogP) is 4.58. The highest BCUT2D eigenvalue weighted by Gasteiger charge is 2.19. The van der Waals surface area contributed by atoms with Crippen LogP contribution in [-0.4, -0.2) is 18.5 Å². The number of carbonyl (C=O) groups is 2. The molecule has 0 aromatic heterocycles. The molecule has 1 N–H and O–H groups in total. The summed E-state index contributed by atoms with van der Waals surface area (Å²) in [6.07, 6.45) is 0. The lowest BCUT2D eigenvalue weighted by Crippen LogP contribution is -2.21. The van der Waals surface area contributed by atoms with E-state index in [1.54, 1.807) is 0 Å². The minimum atomic E-state index is -0.878. The number of hydrogen-bond acceptors (Lipinski definition) is 3. The van der Waals surface area contributed by atoms with Crippen molar-refractivity contribution in [1.29, 1.82) is 0 Å². The minimum absolute atomic E-state index is 0.0527. The molecule has 4 nitrogen and oxygen atoms in total. The topological polar surface area (TPSA) is 55.4 Å². The van der Waals surface area contributed by atoms with E-state index in [9.17, 15) is 14.0 Å². The number of rotatable bonds is 4. The van der Waals surface area contributed by atoms with Gasteiger partial charge in [0.25, 0.3) is 5.91 Å². The van der Waals surface area contributed by atoms with Gasteiger partial charge in [0.05, 0.1) is 20.6 Å². The monoisotopic (exact) mass is 375 g/mol. The van der Waals surface area contributed by atoms with E-state index >= 15 is 0 Å². The van der Waals surface area contributed by atoms with Crippen LogP contribution in [0.4, 0.5) is 10.1 Å². The molecule has 0 aliphatic rings. The van der Waals surface area contributed by atoms with Crippen LogP contribution in [0.3, 0.4) is 0 Å². The van der Waals surface area contributed by atoms with Crippen LogP contribution < -0.4 is 5.32 Å². The molecule has 2 aromatic rings. The predicted molar refractivity (Wildman–Crippen MR) is 86.8 cm³/mol. The Hall–Kier alpha value is -1.82. The molecule has 0 heterocycles. The lowest BCUT2D eigenvalue weighted by molar-refractivity contribution is -0.119. The van der Waals surface area contributed by atoms with Gasteiger partial charge in [-0.15, -0.1) is 0 Å². The molecule has 0 spiro atoms. The van der Waals surface area contributed by atoms with E-state index < -0.39 is 24.3 Å². The number of carbonyl (C=O) groups excluding carboxylic acids is 2. The smallest absolute Gasteiger partial charge is 0.341 e. The zero-order valence-electron chi connectivity index (χ0n) is 11.4. The fourth-order valence-corrected chi connectivity index (χ4v) is 2.33. The van der Waals surface area contributed by atoms with Crippen LogP contribution in [0.25, 0.3) is 0 Å². The van der Waals surface area contributed by atoms with Gasteiger partial charge < -0.3 is 10.1 Å². The minimum Gasteiger partial charge on any atom is -0.452 e. The van der Waals surface area contributed by atoms with Crippen molar-refractivity contribution in [1.82, 2.24) is 0 Å². The van der Waals surface area contributed by atoms with Crippen LogP contribution in [0.2, 0.25) is 15.1 Å². The number of hydrogen-bond donors (Lipinski definition) is 1. The summed E-state index contributed by atoms with van der Waals surface area (Å²) in [5, 5.41) is 2.59. The standard InChI is InChI=1S/C15H9Cl3FNO3/c16-10-5-6-11(17)14(18)13(10)15(22)23-7-12(21)20-9-3-1-8(19)2-4-9/h1-6H,7H2,(H,20,21). The Bertz CT molecular complexity index is 750. The molecule has 0 saturated carbocycles. The summed E-state index contributed by atoms with van der Waals surface area (Å²) in [5.41, 5.74) is 0.252. The zero-order chi connectivity index (χ0) is 17.0. The zero-order valence-corrected chi connectivity index (χ0v) is 13.7. The lowest BCUT2D eigenvalue weighted by Gasteiger charge is -2.09. The van der Waals surface area contributed by atoms with Crippen molar-refractivity contribution in [3.05, 3.63) is 62.8 Å². The summed E-state index contributed by atoms with van der Waals surface area (Å²) >= 11 is 17.6. The van der Waals surface area contributed by atoms with E-state index in [1.165, 1.54) is 36.4 Å². The van der Waals surface area contributed by atoms with E-state index in [2.05, 4.69) is 5.32 Å². The molecule has 8 heteroatoms. The third-order valence-electron chi connectivity index (χ3n) is 2.71. The number of amides is 1. The van der Waals surface area contributed by atoms with Crippen molar-refractivity contribution in [3.63, 3.8) is 0 Å². The third kappa shape index (κ3) is 4.58. The average molecular weight is 377 g/mol. The van der Waals surface area contributed by atoms with Crippen LogP contribution in [0.5, 0.6) is 0 Å². The molecule has 0 fully saturated rings. The molecular weight excluding hydrogens is 368 g/mol. The van der Waals surface area contributed by atoms with Crippen LogP contribution in [-0.2, 0) is 9.53 Å². The fraction of sp³-hybridized carbons (Fsp3) is 0.0667. The second-order valence-corrected chi connectivity index (χ2v) is 5.54. The summed E-state index contributed by atoms with van der Waals surface area (Å²) < 4.78 is 17.6. The van der Waals surface area contributed by atoms with Gasteiger partial charge >= 0.3 is 5.97 Å². The molecule has 0 aliphatic heterocycles. The number of nitrogens with one attached hydrogen (secondary N) is 1. The van der Waals surface area contributed by atoms with Crippen LogP contribution in [0, 0.1) is 5.82 Å². The van der Waals surface area contributed by atoms with Crippen LogP contribution >= 0.6 is 34.8 Å². The quantitative estimate of drug-likeness (QED) is 0.627. The number of anilines is 1. The summed E-state index contributed by atoms with van der Waals surface area (Å²) in [7, 11) is 0. The summed E-state index contributed by atoms with van der Waals surface area (Å²) in [6.45, 7) is -0.560. The highest BCUT2D eigenvalue weighted by molar-refractivity contribution is 6.46. The number of benzene rings is 2. The first-order chi connectivity index (χ1) is 10.9. The van der Waals surface area contributed by atoms with Gasteiger partial charge in [0, 0.05) is 5.69 Å². The molecule has 0 bridgehead atoms. The van der Waals surface area contributed by atoms with Crippen LogP contribution in [0.1, 0.15) is 10.4 Å². The third-order valence-corrected chi connectivity index (χ3v) is 3.83. The van der Waals surface area contributed by atoms with Gasteiger partial charge in [0.15, 0.2) is 6.61 Å². The number of ether oxygens (including phenoxy) is 1. The maximum Gasteiger partial charge on any atom is 0.341 e. The molecule has 0 radical (unpaired) electrons. The van der Waals surface area contributed by atoms with Crippen LogP contribution in [0.15, 0.2) is 36.4 Å². The van der Waals surface area contributed by atoms with E-state index in [1.807, 2.05) is 0 Å². The molecule has 120 valence electrons. The van der Waals surface area contributed by atoms with Crippen molar-refractivity contribution < 1.29 is 18.7 Å². The normalized spacial score (nSPS) is 10.3. The highest BCUT2D eigenvalue weighted by Crippen LogP contribution is 2.31. The first kappa shape index (κ1) is 17.5. The largest absolute Gasteiger partial charge is 0.452 e. The highest BCUT2D eigenvalue weighted by atomic mass is 35.5. The molecule has 0 unspecified atom stereocenters. The Balaban J connectivity index is 1.98. The van der Waals surface area contributed by atoms with Crippen molar-refractivity contribution in [3.8, 4) is 0 Å². The summed E-state index contributed by atoms with van der Waals surface area (Å²) in [5.74, 6) is -1.91. The van der Waals surface area contributed by atoms with E-state index in [-0.39, 0.29) is 20.6 Å². The van der Waals surface area contributed by atoms with Gasteiger partial charge in [-0.25, -0.2) is 9.18 Å². The van der Waals surface area contributed by atoms with Crippen molar-refractivity contribution in [2.24, 2.45) is 0 Å². The molecule has 2 aromatic carbocycles. The first-order valence-corrected chi connectivity index (χ1v) is 7.38. The Morgan fingerprint density at radius 3 is 2.26 bits per heavy atom. The number of halogens is 4. The molecule has 23 heavy (non-hydrogen) atoms. The Morgan fingerprint density at radius 2 is 1.61 bits per heavy atom. The van der Waals surface area contributed by atoms with Gasteiger partial charge in [-0.05, 0) is 36.4 Å². The molecule has 2 rings (SSSR count). The average Bonchev–Trinajstić information content (AvgIpc) is 2.51. The Kier molecular flexibility index (Phi) is 5.82. The van der Waals surface area contributed by atoms with Gasteiger partial charge in [-0.3, -0.25) is 4.79 Å². The Morgan fingerprint density at radius 1 is 1.00 bits per heavy atom. The molecule has 0 atom stereocenters.